The Hall–Kier alpha value is -1.95. The van der Waals surface area contributed by atoms with Gasteiger partial charge in [-0.05, 0) is 32.9 Å². The van der Waals surface area contributed by atoms with E-state index in [0.717, 1.165) is 9.56 Å². The number of thiophene rings is 1. The lowest BCUT2D eigenvalue weighted by atomic mass is 10.2. The van der Waals surface area contributed by atoms with Crippen molar-refractivity contribution in [1.82, 2.24) is 9.78 Å². The molecule has 0 amide bonds. The van der Waals surface area contributed by atoms with Crippen LogP contribution in [-0.2, 0) is 6.54 Å². The smallest absolute Gasteiger partial charge is 0.268 e. The zero-order valence-electron chi connectivity index (χ0n) is 10.9. The fourth-order valence-corrected chi connectivity index (χ4v) is 2.51. The first-order valence-corrected chi connectivity index (χ1v) is 6.61. The van der Waals surface area contributed by atoms with Gasteiger partial charge in [0.1, 0.15) is 6.54 Å². The molecule has 2 aromatic rings. The largest absolute Gasteiger partial charge is 0.291 e. The normalized spacial score (nSPS) is 10.7. The standard InChI is InChI=1S/C13H14N2O3S/c1-7-4-5-11(19-7)10(16)6-15-13(18)9(3)8(2)12(17)14-15/h4-5H,6H2,1-3H3,(H,14,17). The highest BCUT2D eigenvalue weighted by Gasteiger charge is 2.13. The van der Waals surface area contributed by atoms with Gasteiger partial charge in [-0.2, -0.15) is 0 Å². The van der Waals surface area contributed by atoms with E-state index in [1.165, 1.54) is 11.3 Å². The minimum atomic E-state index is -0.340. The minimum Gasteiger partial charge on any atom is -0.291 e. The van der Waals surface area contributed by atoms with E-state index >= 15 is 0 Å². The van der Waals surface area contributed by atoms with E-state index in [1.807, 2.05) is 13.0 Å². The van der Waals surface area contributed by atoms with Gasteiger partial charge in [0, 0.05) is 16.0 Å². The van der Waals surface area contributed by atoms with E-state index in [4.69, 9.17) is 0 Å². The van der Waals surface area contributed by atoms with Crippen molar-refractivity contribution in [2.24, 2.45) is 0 Å². The molecular weight excluding hydrogens is 264 g/mol. The van der Waals surface area contributed by atoms with Crippen LogP contribution in [0.3, 0.4) is 0 Å². The zero-order chi connectivity index (χ0) is 14.2. The van der Waals surface area contributed by atoms with Crippen molar-refractivity contribution >= 4 is 17.1 Å². The van der Waals surface area contributed by atoms with Gasteiger partial charge < -0.3 is 0 Å². The van der Waals surface area contributed by atoms with Crippen LogP contribution in [0, 0.1) is 20.8 Å². The molecule has 19 heavy (non-hydrogen) atoms. The highest BCUT2D eigenvalue weighted by Crippen LogP contribution is 2.15. The molecule has 0 unspecified atom stereocenters. The topological polar surface area (TPSA) is 71.9 Å². The Labute approximate surface area is 113 Å². The summed E-state index contributed by atoms with van der Waals surface area (Å²) in [6.07, 6.45) is 0. The molecule has 0 spiro atoms. The molecule has 0 radical (unpaired) electrons. The van der Waals surface area contributed by atoms with Gasteiger partial charge in [0.2, 0.25) is 0 Å². The van der Waals surface area contributed by atoms with E-state index in [0.29, 0.717) is 16.0 Å². The second kappa shape index (κ2) is 4.97. The van der Waals surface area contributed by atoms with Crippen LogP contribution in [0.15, 0.2) is 21.7 Å². The van der Waals surface area contributed by atoms with Crippen LogP contribution in [0.2, 0.25) is 0 Å². The number of aromatic amines is 1. The Balaban J connectivity index is 2.37. The molecule has 2 rings (SSSR count). The second-order valence-corrected chi connectivity index (χ2v) is 5.70. The Kier molecular flexibility index (Phi) is 3.53. The SMILES string of the molecule is Cc1ccc(C(=O)Cn2[nH]c(=O)c(C)c(C)c2=O)s1. The van der Waals surface area contributed by atoms with Crippen LogP contribution in [0.5, 0.6) is 0 Å². The number of hydrogen-bond acceptors (Lipinski definition) is 4. The first-order chi connectivity index (χ1) is 8.90. The van der Waals surface area contributed by atoms with Crippen LogP contribution >= 0.6 is 11.3 Å². The molecule has 0 saturated heterocycles. The summed E-state index contributed by atoms with van der Waals surface area (Å²) in [7, 11) is 0. The number of nitrogens with one attached hydrogen (secondary N) is 1. The van der Waals surface area contributed by atoms with E-state index in [1.54, 1.807) is 19.9 Å². The molecule has 0 aliphatic rings. The van der Waals surface area contributed by atoms with E-state index in [2.05, 4.69) is 5.10 Å². The minimum absolute atomic E-state index is 0.144. The average Bonchev–Trinajstić information content (AvgIpc) is 2.80. The van der Waals surface area contributed by atoms with Crippen molar-refractivity contribution in [1.29, 1.82) is 0 Å². The molecule has 0 atom stereocenters. The number of nitrogens with zero attached hydrogens (tertiary/aromatic N) is 1. The lowest BCUT2D eigenvalue weighted by Gasteiger charge is -2.06. The first-order valence-electron chi connectivity index (χ1n) is 5.80. The molecule has 100 valence electrons. The summed E-state index contributed by atoms with van der Waals surface area (Å²) < 4.78 is 1.07. The number of rotatable bonds is 3. The zero-order valence-corrected chi connectivity index (χ0v) is 11.8. The number of carbonyl (C=O) groups is 1. The van der Waals surface area contributed by atoms with Gasteiger partial charge in [-0.3, -0.25) is 19.5 Å². The molecule has 1 N–H and O–H groups in total. The number of H-pyrrole nitrogens is 1. The van der Waals surface area contributed by atoms with Gasteiger partial charge in [0.05, 0.1) is 4.88 Å². The molecule has 0 aliphatic carbocycles. The number of carbonyl (C=O) groups excluding carboxylic acids is 1. The quantitative estimate of drug-likeness (QED) is 0.863. The maximum Gasteiger partial charge on any atom is 0.268 e. The lowest BCUT2D eigenvalue weighted by Crippen LogP contribution is -2.35. The van der Waals surface area contributed by atoms with Crippen LogP contribution in [-0.4, -0.2) is 15.6 Å². The number of hydrogen-bond donors (Lipinski definition) is 1. The lowest BCUT2D eigenvalue weighted by molar-refractivity contribution is 0.0969. The molecule has 0 bridgehead atoms. The fraction of sp³-hybridized carbons (Fsp3) is 0.308. The highest BCUT2D eigenvalue weighted by molar-refractivity contribution is 7.14. The number of aromatic nitrogens is 2. The molecule has 0 saturated carbocycles. The molecular formula is C13H14N2O3S. The van der Waals surface area contributed by atoms with Crippen molar-refractivity contribution in [3.8, 4) is 0 Å². The molecule has 2 aromatic heterocycles. The average molecular weight is 278 g/mol. The predicted molar refractivity (Wildman–Crippen MR) is 74.2 cm³/mol. The van der Waals surface area contributed by atoms with Crippen molar-refractivity contribution in [3.05, 3.63) is 53.7 Å². The third-order valence-electron chi connectivity index (χ3n) is 3.02. The summed E-state index contributed by atoms with van der Waals surface area (Å²) in [4.78, 5) is 37.2. The fourth-order valence-electron chi connectivity index (χ4n) is 1.71. The summed E-state index contributed by atoms with van der Waals surface area (Å²) >= 11 is 1.38. The number of Topliss-reactive ketones (excluding diaryl/α,β-unsaturated/α-hetero) is 1. The highest BCUT2D eigenvalue weighted by atomic mass is 32.1. The van der Waals surface area contributed by atoms with Gasteiger partial charge >= 0.3 is 0 Å². The number of ketones is 1. The molecule has 0 fully saturated rings. The van der Waals surface area contributed by atoms with Crippen LogP contribution in [0.1, 0.15) is 25.7 Å². The Bertz CT molecular complexity index is 752. The van der Waals surface area contributed by atoms with E-state index < -0.39 is 0 Å². The third kappa shape index (κ3) is 2.58. The maximum absolute atomic E-state index is 12.0. The summed E-state index contributed by atoms with van der Waals surface area (Å²) in [5.74, 6) is -0.181. The second-order valence-electron chi connectivity index (χ2n) is 4.42. The van der Waals surface area contributed by atoms with E-state index in [-0.39, 0.29) is 23.4 Å². The van der Waals surface area contributed by atoms with Crippen LogP contribution in [0.4, 0.5) is 0 Å². The molecule has 6 heteroatoms. The van der Waals surface area contributed by atoms with Gasteiger partial charge in [-0.25, -0.2) is 4.68 Å². The summed E-state index contributed by atoms with van der Waals surface area (Å²) in [6, 6.07) is 3.58. The summed E-state index contributed by atoms with van der Waals surface area (Å²) in [6.45, 7) is 4.94. The molecule has 2 heterocycles. The third-order valence-corrected chi connectivity index (χ3v) is 4.06. The monoisotopic (exact) mass is 278 g/mol. The first kappa shape index (κ1) is 13.5. The van der Waals surface area contributed by atoms with Crippen LogP contribution < -0.4 is 11.1 Å². The van der Waals surface area contributed by atoms with Gasteiger partial charge in [0.15, 0.2) is 5.78 Å². The van der Waals surface area contributed by atoms with Gasteiger partial charge in [-0.1, -0.05) is 0 Å². The molecule has 0 aromatic carbocycles. The van der Waals surface area contributed by atoms with E-state index in [9.17, 15) is 14.4 Å². The summed E-state index contributed by atoms with van der Waals surface area (Å²) in [5.41, 5.74) is 0.0885. The van der Waals surface area contributed by atoms with Crippen molar-refractivity contribution < 1.29 is 4.79 Å². The molecule has 0 aliphatic heterocycles. The predicted octanol–water partition coefficient (Wildman–Crippen LogP) is 1.41. The number of aryl methyl sites for hydroxylation is 1. The Morgan fingerprint density at radius 1 is 1.21 bits per heavy atom. The van der Waals surface area contributed by atoms with Crippen molar-refractivity contribution in [3.63, 3.8) is 0 Å². The maximum atomic E-state index is 12.0. The summed E-state index contributed by atoms with van der Waals surface area (Å²) in [5, 5.41) is 2.42. The van der Waals surface area contributed by atoms with Crippen molar-refractivity contribution in [2.75, 3.05) is 0 Å². The van der Waals surface area contributed by atoms with Crippen molar-refractivity contribution in [2.45, 2.75) is 27.3 Å². The Morgan fingerprint density at radius 3 is 2.47 bits per heavy atom. The van der Waals surface area contributed by atoms with Gasteiger partial charge in [0.25, 0.3) is 11.1 Å². The molecule has 5 nitrogen and oxygen atoms in total. The Morgan fingerprint density at radius 2 is 1.89 bits per heavy atom. The van der Waals surface area contributed by atoms with Crippen LogP contribution in [0.25, 0.3) is 0 Å². The van der Waals surface area contributed by atoms with Gasteiger partial charge in [-0.15, -0.1) is 11.3 Å².